The average Bonchev–Trinajstić information content (AvgIpc) is 2.11. The maximum Gasteiger partial charge on any atom is 0.219 e. The van der Waals surface area contributed by atoms with Crippen molar-refractivity contribution in [3.05, 3.63) is 0 Å². The molecule has 0 rings (SSSR count). The Hall–Kier alpha value is -0.570. The highest BCUT2D eigenvalue weighted by Gasteiger charge is 2.06. The summed E-state index contributed by atoms with van der Waals surface area (Å²) >= 11 is 0. The zero-order valence-corrected chi connectivity index (χ0v) is 10.8. The number of hydrogen-bond acceptors (Lipinski definition) is 1. The molecule has 0 aromatic rings. The van der Waals surface area contributed by atoms with Crippen molar-refractivity contribution in [1.82, 2.24) is 5.32 Å². The molecule has 0 bridgehead atoms. The van der Waals surface area contributed by atoms with Gasteiger partial charge in [0.2, 0.25) is 5.91 Å². The van der Waals surface area contributed by atoms with E-state index in [0.29, 0.717) is 6.42 Å². The number of carbonyl (C=O) groups excluding carboxylic acids is 1. The lowest BCUT2D eigenvalue weighted by Crippen LogP contribution is -2.37. The van der Waals surface area contributed by atoms with Crippen molar-refractivity contribution < 1.29 is 9.28 Å². The molecule has 0 heterocycles. The van der Waals surface area contributed by atoms with Crippen LogP contribution in [0, 0.1) is 0 Å². The van der Waals surface area contributed by atoms with Gasteiger partial charge in [-0.25, -0.2) is 0 Å². The fraction of sp³-hybridized carbons (Fsp3) is 0.917. The smallest absolute Gasteiger partial charge is 0.219 e. The molecule has 1 amide bonds. The van der Waals surface area contributed by atoms with Crippen LogP contribution in [0.15, 0.2) is 0 Å². The lowest BCUT2D eigenvalue weighted by atomic mass is 10.2. The summed E-state index contributed by atoms with van der Waals surface area (Å²) in [4.78, 5) is 11.3. The number of carbonyl (C=O) groups is 1. The first-order valence-corrected chi connectivity index (χ1v) is 6.03. The van der Waals surface area contributed by atoms with Crippen LogP contribution in [0.1, 0.15) is 39.0 Å². The minimum absolute atomic E-state index is 0.213. The van der Waals surface area contributed by atoms with Crippen molar-refractivity contribution in [3.63, 3.8) is 0 Å². The quantitative estimate of drug-likeness (QED) is 0.485. The van der Waals surface area contributed by atoms with Crippen molar-refractivity contribution in [2.24, 2.45) is 0 Å². The van der Waals surface area contributed by atoms with Gasteiger partial charge in [0, 0.05) is 19.4 Å². The Morgan fingerprint density at radius 1 is 1.13 bits per heavy atom. The van der Waals surface area contributed by atoms with E-state index in [4.69, 9.17) is 0 Å². The van der Waals surface area contributed by atoms with Crippen LogP contribution in [0.5, 0.6) is 0 Å². The Morgan fingerprint density at radius 3 is 2.33 bits per heavy atom. The molecule has 0 radical (unpaired) electrons. The zero-order chi connectivity index (χ0) is 11.7. The van der Waals surface area contributed by atoms with Gasteiger partial charge in [-0.3, -0.25) is 4.79 Å². The summed E-state index contributed by atoms with van der Waals surface area (Å²) in [6.07, 6.45) is 5.11. The molecule has 0 aliphatic heterocycles. The lowest BCUT2D eigenvalue weighted by molar-refractivity contribution is -0.870. The summed E-state index contributed by atoms with van der Waals surface area (Å²) in [5.41, 5.74) is 0. The molecule has 0 atom stereocenters. The maximum absolute atomic E-state index is 11.3. The molecule has 1 N–H and O–H groups in total. The molecule has 0 saturated heterocycles. The van der Waals surface area contributed by atoms with Crippen molar-refractivity contribution in [3.8, 4) is 0 Å². The van der Waals surface area contributed by atoms with E-state index in [9.17, 15) is 4.79 Å². The monoisotopic (exact) mass is 215 g/mol. The molecule has 0 fully saturated rings. The number of nitrogens with zero attached hydrogens (tertiary/aromatic N) is 1. The summed E-state index contributed by atoms with van der Waals surface area (Å²) in [7, 11) is 6.51. The molecule has 0 aliphatic carbocycles. The number of amides is 1. The van der Waals surface area contributed by atoms with Crippen LogP contribution in [0.2, 0.25) is 0 Å². The van der Waals surface area contributed by atoms with Crippen LogP contribution in [0.4, 0.5) is 0 Å². The molecular formula is C12H27N2O+. The zero-order valence-electron chi connectivity index (χ0n) is 10.8. The molecule has 15 heavy (non-hydrogen) atoms. The third-order valence-electron chi connectivity index (χ3n) is 2.34. The topological polar surface area (TPSA) is 29.1 Å². The van der Waals surface area contributed by atoms with Crippen LogP contribution in [0.25, 0.3) is 0 Å². The summed E-state index contributed by atoms with van der Waals surface area (Å²) in [5.74, 6) is 0.213. The van der Waals surface area contributed by atoms with E-state index < -0.39 is 0 Å². The van der Waals surface area contributed by atoms with E-state index in [0.717, 1.165) is 36.8 Å². The third kappa shape index (κ3) is 11.4. The third-order valence-corrected chi connectivity index (χ3v) is 2.34. The minimum atomic E-state index is 0.213. The fourth-order valence-electron chi connectivity index (χ4n) is 1.41. The van der Waals surface area contributed by atoms with Gasteiger partial charge in [0.25, 0.3) is 0 Å². The molecule has 3 nitrogen and oxygen atoms in total. The predicted molar refractivity (Wildman–Crippen MR) is 64.7 cm³/mol. The highest BCUT2D eigenvalue weighted by molar-refractivity contribution is 5.75. The van der Waals surface area contributed by atoms with Gasteiger partial charge in [-0.1, -0.05) is 19.8 Å². The molecule has 0 spiro atoms. The van der Waals surface area contributed by atoms with Crippen molar-refractivity contribution >= 4 is 5.91 Å². The van der Waals surface area contributed by atoms with Gasteiger partial charge in [0.1, 0.15) is 0 Å². The van der Waals surface area contributed by atoms with Crippen molar-refractivity contribution in [2.45, 2.75) is 39.0 Å². The Kier molecular flexibility index (Phi) is 7.39. The summed E-state index contributed by atoms with van der Waals surface area (Å²) in [6.45, 7) is 4.08. The van der Waals surface area contributed by atoms with Crippen LogP contribution >= 0.6 is 0 Å². The average molecular weight is 215 g/mol. The first kappa shape index (κ1) is 14.4. The number of quaternary nitrogens is 1. The molecule has 0 saturated carbocycles. The molecule has 0 aromatic carbocycles. The van der Waals surface area contributed by atoms with E-state index in [1.165, 1.54) is 6.42 Å². The predicted octanol–water partition coefficient (Wildman–Crippen LogP) is 1.78. The Balaban J connectivity index is 3.32. The summed E-state index contributed by atoms with van der Waals surface area (Å²) in [6, 6.07) is 0. The second-order valence-corrected chi connectivity index (χ2v) is 5.17. The van der Waals surface area contributed by atoms with Crippen LogP contribution in [0.3, 0.4) is 0 Å². The largest absolute Gasteiger partial charge is 0.356 e. The van der Waals surface area contributed by atoms with Crippen molar-refractivity contribution in [1.29, 1.82) is 0 Å². The van der Waals surface area contributed by atoms with Gasteiger partial charge in [-0.05, 0) is 6.42 Å². The number of nitrogens with one attached hydrogen (secondary N) is 1. The van der Waals surface area contributed by atoms with E-state index in [1.54, 1.807) is 0 Å². The highest BCUT2D eigenvalue weighted by Crippen LogP contribution is 1.98. The van der Waals surface area contributed by atoms with E-state index in [1.807, 2.05) is 0 Å². The van der Waals surface area contributed by atoms with Gasteiger partial charge >= 0.3 is 0 Å². The summed E-state index contributed by atoms with van der Waals surface area (Å²) in [5, 5.41) is 2.97. The van der Waals surface area contributed by atoms with E-state index >= 15 is 0 Å². The normalized spacial score (nSPS) is 11.5. The minimum Gasteiger partial charge on any atom is -0.356 e. The Labute approximate surface area is 94.4 Å². The van der Waals surface area contributed by atoms with Crippen molar-refractivity contribution in [2.75, 3.05) is 34.2 Å². The SMILES string of the molecule is CCCCCC(=O)NCCC[N+](C)(C)C. The van der Waals surface area contributed by atoms with Crippen LogP contribution in [-0.4, -0.2) is 44.6 Å². The number of unbranched alkanes of at least 4 members (excludes halogenated alkanes) is 2. The highest BCUT2D eigenvalue weighted by atomic mass is 16.1. The molecular weight excluding hydrogens is 188 g/mol. The molecule has 0 aliphatic rings. The van der Waals surface area contributed by atoms with Gasteiger partial charge in [0.05, 0.1) is 27.7 Å². The molecule has 0 unspecified atom stereocenters. The standard InChI is InChI=1S/C12H26N2O/c1-5-6-7-9-12(15)13-10-8-11-14(2,3)4/h5-11H2,1-4H3/p+1. The van der Waals surface area contributed by atoms with Crippen LogP contribution < -0.4 is 5.32 Å². The van der Waals surface area contributed by atoms with Gasteiger partial charge in [-0.2, -0.15) is 0 Å². The Bertz CT molecular complexity index is 173. The molecule has 3 heteroatoms. The second-order valence-electron chi connectivity index (χ2n) is 5.17. The Morgan fingerprint density at radius 2 is 1.80 bits per heavy atom. The van der Waals surface area contributed by atoms with Gasteiger partial charge in [-0.15, -0.1) is 0 Å². The number of hydrogen-bond donors (Lipinski definition) is 1. The van der Waals surface area contributed by atoms with Crippen LogP contribution in [-0.2, 0) is 4.79 Å². The first-order valence-electron chi connectivity index (χ1n) is 6.03. The second kappa shape index (κ2) is 7.69. The maximum atomic E-state index is 11.3. The van der Waals surface area contributed by atoms with E-state index in [2.05, 4.69) is 33.4 Å². The number of rotatable bonds is 8. The van der Waals surface area contributed by atoms with E-state index in [-0.39, 0.29) is 5.91 Å². The van der Waals surface area contributed by atoms with Gasteiger partial charge < -0.3 is 9.80 Å². The first-order chi connectivity index (χ1) is 6.95. The molecule has 0 aromatic heterocycles. The van der Waals surface area contributed by atoms with Gasteiger partial charge in [0.15, 0.2) is 0 Å². The lowest BCUT2D eigenvalue weighted by Gasteiger charge is -2.23. The fourth-order valence-corrected chi connectivity index (χ4v) is 1.41. The molecule has 90 valence electrons. The summed E-state index contributed by atoms with van der Waals surface area (Å²) < 4.78 is 0.964.